The Balaban J connectivity index is 1.28. The molecule has 1 fully saturated rings. The van der Waals surface area contributed by atoms with Gasteiger partial charge in [0.2, 0.25) is 11.8 Å². The van der Waals surface area contributed by atoms with Crippen molar-refractivity contribution < 1.29 is 18.7 Å². The third-order valence-electron chi connectivity index (χ3n) is 5.35. The second-order valence-corrected chi connectivity index (χ2v) is 7.64. The van der Waals surface area contributed by atoms with Gasteiger partial charge in [0, 0.05) is 31.6 Å². The number of nitrogens with one attached hydrogen (secondary N) is 1. The van der Waals surface area contributed by atoms with Gasteiger partial charge in [-0.05, 0) is 61.6 Å². The first-order valence-electron chi connectivity index (χ1n) is 10.8. The van der Waals surface area contributed by atoms with Crippen molar-refractivity contribution in [1.29, 1.82) is 0 Å². The van der Waals surface area contributed by atoms with Crippen molar-refractivity contribution in [2.75, 3.05) is 26.2 Å². The Kier molecular flexibility index (Phi) is 8.64. The predicted octanol–water partition coefficient (Wildman–Crippen LogP) is 4.05. The number of unbranched alkanes of at least 4 members (excludes halogenated alkanes) is 1. The summed E-state index contributed by atoms with van der Waals surface area (Å²) in [5.41, 5.74) is 0.994. The molecule has 0 saturated carbocycles. The fourth-order valence-electron chi connectivity index (χ4n) is 3.50. The summed E-state index contributed by atoms with van der Waals surface area (Å²) in [7, 11) is 0. The Morgan fingerprint density at radius 2 is 1.74 bits per heavy atom. The maximum Gasteiger partial charge on any atom is 0.246 e. The number of likely N-dealkylation sites (tertiary alicyclic amines) is 1. The highest BCUT2D eigenvalue weighted by Crippen LogP contribution is 2.18. The number of benzene rings is 2. The van der Waals surface area contributed by atoms with Gasteiger partial charge in [0.05, 0.1) is 6.61 Å². The van der Waals surface area contributed by atoms with E-state index in [2.05, 4.69) is 5.32 Å². The minimum Gasteiger partial charge on any atom is -0.494 e. The van der Waals surface area contributed by atoms with Crippen LogP contribution in [0.15, 0.2) is 60.7 Å². The summed E-state index contributed by atoms with van der Waals surface area (Å²) in [6.07, 6.45) is 6.41. The number of nitrogens with zero attached hydrogens (tertiary/aromatic N) is 1. The van der Waals surface area contributed by atoms with E-state index in [1.807, 2.05) is 36.4 Å². The lowest BCUT2D eigenvalue weighted by Crippen LogP contribution is -2.42. The molecular weight excluding hydrogens is 395 g/mol. The Labute approximate surface area is 182 Å². The van der Waals surface area contributed by atoms with E-state index in [4.69, 9.17) is 4.74 Å². The molecule has 3 rings (SSSR count). The zero-order chi connectivity index (χ0) is 21.9. The first-order chi connectivity index (χ1) is 15.1. The van der Waals surface area contributed by atoms with Crippen molar-refractivity contribution in [1.82, 2.24) is 10.2 Å². The molecule has 2 aromatic rings. The largest absolute Gasteiger partial charge is 0.494 e. The van der Waals surface area contributed by atoms with Crippen LogP contribution in [0.25, 0.3) is 6.08 Å². The molecule has 1 N–H and O–H groups in total. The number of halogens is 1. The van der Waals surface area contributed by atoms with Crippen LogP contribution in [0.3, 0.4) is 0 Å². The van der Waals surface area contributed by atoms with Gasteiger partial charge in [-0.25, -0.2) is 4.39 Å². The topological polar surface area (TPSA) is 58.6 Å². The first-order valence-corrected chi connectivity index (χ1v) is 10.8. The molecule has 1 aliphatic heterocycles. The molecular formula is C25H29FN2O3. The number of rotatable bonds is 9. The van der Waals surface area contributed by atoms with Crippen molar-refractivity contribution in [2.45, 2.75) is 25.7 Å². The third-order valence-corrected chi connectivity index (χ3v) is 5.35. The van der Waals surface area contributed by atoms with Crippen LogP contribution in [0.2, 0.25) is 0 Å². The average Bonchev–Trinajstić information content (AvgIpc) is 2.81. The predicted molar refractivity (Wildman–Crippen MR) is 119 cm³/mol. The lowest BCUT2D eigenvalue weighted by Gasteiger charge is -2.30. The molecule has 0 unspecified atom stereocenters. The summed E-state index contributed by atoms with van der Waals surface area (Å²) >= 11 is 0. The zero-order valence-electron chi connectivity index (χ0n) is 17.6. The van der Waals surface area contributed by atoms with E-state index >= 15 is 0 Å². The third kappa shape index (κ3) is 7.55. The number of carbonyl (C=O) groups is 2. The fourth-order valence-corrected chi connectivity index (χ4v) is 3.50. The molecule has 0 atom stereocenters. The van der Waals surface area contributed by atoms with Gasteiger partial charge >= 0.3 is 0 Å². The Bertz CT molecular complexity index is 860. The van der Waals surface area contributed by atoms with E-state index in [0.717, 1.165) is 18.4 Å². The molecule has 5 nitrogen and oxygen atoms in total. The van der Waals surface area contributed by atoms with Crippen LogP contribution in [0.1, 0.15) is 31.2 Å². The zero-order valence-corrected chi connectivity index (χ0v) is 17.6. The van der Waals surface area contributed by atoms with Crippen LogP contribution >= 0.6 is 0 Å². The number of piperidine rings is 1. The fraction of sp³-hybridized carbons (Fsp3) is 0.360. The van der Waals surface area contributed by atoms with Gasteiger partial charge in [0.25, 0.3) is 0 Å². The lowest BCUT2D eigenvalue weighted by molar-refractivity contribution is -0.132. The Morgan fingerprint density at radius 1 is 1.03 bits per heavy atom. The number of amides is 2. The maximum atomic E-state index is 12.8. The Hall–Kier alpha value is -3.15. The van der Waals surface area contributed by atoms with Crippen molar-refractivity contribution in [3.63, 3.8) is 0 Å². The molecule has 0 bridgehead atoms. The minimum absolute atomic E-state index is 0.0103. The standard InChI is InChI=1S/C25H29FN2O3/c26-22-9-11-23(12-10-22)31-19-5-4-16-27-25(30)21-14-17-28(18-15-21)24(29)13-8-20-6-2-1-3-7-20/h1-3,6-13,21H,4-5,14-19H2,(H,27,30)/b13-8+. The number of carbonyl (C=O) groups excluding carboxylic acids is 2. The molecule has 31 heavy (non-hydrogen) atoms. The lowest BCUT2D eigenvalue weighted by atomic mass is 9.95. The Morgan fingerprint density at radius 3 is 2.45 bits per heavy atom. The molecule has 2 aromatic carbocycles. The van der Waals surface area contributed by atoms with Gasteiger partial charge in [0.1, 0.15) is 11.6 Å². The van der Waals surface area contributed by atoms with Crippen molar-refractivity contribution in [3.05, 3.63) is 72.1 Å². The summed E-state index contributed by atoms with van der Waals surface area (Å²) in [5.74, 6) is 0.368. The second kappa shape index (κ2) is 11.9. The van der Waals surface area contributed by atoms with Crippen molar-refractivity contribution in [2.24, 2.45) is 5.92 Å². The molecule has 1 heterocycles. The van der Waals surface area contributed by atoms with E-state index in [-0.39, 0.29) is 23.5 Å². The number of hydrogen-bond acceptors (Lipinski definition) is 3. The highest BCUT2D eigenvalue weighted by atomic mass is 19.1. The SMILES string of the molecule is O=C(NCCCCOc1ccc(F)cc1)C1CCN(C(=O)/C=C/c2ccccc2)CC1. The summed E-state index contributed by atoms with van der Waals surface area (Å²) in [6, 6.07) is 15.7. The molecule has 0 aromatic heterocycles. The van der Waals surface area contributed by atoms with Gasteiger partial charge in [-0.15, -0.1) is 0 Å². The monoisotopic (exact) mass is 424 g/mol. The van der Waals surface area contributed by atoms with Gasteiger partial charge < -0.3 is 15.0 Å². The first kappa shape index (κ1) is 22.5. The molecule has 0 aliphatic carbocycles. The highest BCUT2D eigenvalue weighted by Gasteiger charge is 2.26. The summed E-state index contributed by atoms with van der Waals surface area (Å²) in [6.45, 7) is 2.33. The molecule has 164 valence electrons. The van der Waals surface area contributed by atoms with Crippen LogP contribution in [0.5, 0.6) is 5.75 Å². The van der Waals surface area contributed by atoms with E-state index in [0.29, 0.717) is 44.8 Å². The van der Waals surface area contributed by atoms with Gasteiger partial charge in [0.15, 0.2) is 0 Å². The number of hydrogen-bond donors (Lipinski definition) is 1. The van der Waals surface area contributed by atoms with Crippen molar-refractivity contribution >= 4 is 17.9 Å². The average molecular weight is 425 g/mol. The smallest absolute Gasteiger partial charge is 0.246 e. The minimum atomic E-state index is -0.283. The van der Waals surface area contributed by atoms with E-state index in [1.54, 1.807) is 23.1 Å². The van der Waals surface area contributed by atoms with Gasteiger partial charge in [-0.2, -0.15) is 0 Å². The molecule has 6 heteroatoms. The molecule has 0 radical (unpaired) electrons. The summed E-state index contributed by atoms with van der Waals surface area (Å²) < 4.78 is 18.4. The molecule has 2 amide bonds. The summed E-state index contributed by atoms with van der Waals surface area (Å²) in [5, 5.41) is 2.99. The highest BCUT2D eigenvalue weighted by molar-refractivity contribution is 5.92. The van der Waals surface area contributed by atoms with Crippen LogP contribution < -0.4 is 10.1 Å². The summed E-state index contributed by atoms with van der Waals surface area (Å²) in [4.78, 5) is 26.5. The normalized spacial score (nSPS) is 14.5. The van der Waals surface area contributed by atoms with Crippen LogP contribution in [0, 0.1) is 11.7 Å². The van der Waals surface area contributed by atoms with E-state index < -0.39 is 0 Å². The van der Waals surface area contributed by atoms with Crippen LogP contribution in [-0.2, 0) is 9.59 Å². The van der Waals surface area contributed by atoms with E-state index in [9.17, 15) is 14.0 Å². The van der Waals surface area contributed by atoms with Crippen LogP contribution in [0.4, 0.5) is 4.39 Å². The molecule has 1 saturated heterocycles. The van der Waals surface area contributed by atoms with Gasteiger partial charge in [-0.1, -0.05) is 30.3 Å². The maximum absolute atomic E-state index is 12.8. The van der Waals surface area contributed by atoms with Crippen LogP contribution in [-0.4, -0.2) is 43.0 Å². The van der Waals surface area contributed by atoms with E-state index in [1.165, 1.54) is 12.1 Å². The molecule has 0 spiro atoms. The number of ether oxygens (including phenoxy) is 1. The quantitative estimate of drug-likeness (QED) is 0.488. The molecule has 1 aliphatic rings. The second-order valence-electron chi connectivity index (χ2n) is 7.64. The van der Waals surface area contributed by atoms with Crippen molar-refractivity contribution in [3.8, 4) is 5.75 Å². The van der Waals surface area contributed by atoms with Gasteiger partial charge in [-0.3, -0.25) is 9.59 Å².